The third-order valence-corrected chi connectivity index (χ3v) is 3.24. The molecule has 96 valence electrons. The van der Waals surface area contributed by atoms with E-state index in [1.165, 1.54) is 25.7 Å². The lowest BCUT2D eigenvalue weighted by Crippen LogP contribution is -2.13. The highest BCUT2D eigenvalue weighted by Crippen LogP contribution is 2.17. The van der Waals surface area contributed by atoms with E-state index in [0.29, 0.717) is 6.10 Å². The van der Waals surface area contributed by atoms with E-state index in [9.17, 15) is 0 Å². The maximum Gasteiger partial charge on any atom is 0.202 e. The second-order valence-corrected chi connectivity index (χ2v) is 4.65. The lowest BCUT2D eigenvalue weighted by Gasteiger charge is -2.12. The third-order valence-electron chi connectivity index (χ3n) is 3.24. The van der Waals surface area contributed by atoms with E-state index in [1.807, 2.05) is 12.4 Å². The number of ether oxygens (including phenoxy) is 1. The van der Waals surface area contributed by atoms with Crippen molar-refractivity contribution >= 4 is 5.95 Å². The van der Waals surface area contributed by atoms with Crippen molar-refractivity contribution in [3.05, 3.63) is 12.4 Å². The van der Waals surface area contributed by atoms with Gasteiger partial charge in [0.25, 0.3) is 0 Å². The maximum atomic E-state index is 5.64. The normalized spacial score (nSPS) is 19.7. The Labute approximate surface area is 103 Å². The standard InChI is InChI=1S/C13H23N3O/c1-2-3-7-14-13-15-8-10-16(13)9-6-12-5-4-11-17-12/h8,10,12H,2-7,9,11H2,1H3,(H,14,15). The van der Waals surface area contributed by atoms with Crippen LogP contribution >= 0.6 is 0 Å². The van der Waals surface area contributed by atoms with E-state index in [-0.39, 0.29) is 0 Å². The van der Waals surface area contributed by atoms with Crippen LogP contribution in [0.4, 0.5) is 5.95 Å². The lowest BCUT2D eigenvalue weighted by molar-refractivity contribution is 0.100. The molecule has 0 amide bonds. The zero-order chi connectivity index (χ0) is 11.9. The Morgan fingerprint density at radius 3 is 3.29 bits per heavy atom. The molecule has 1 N–H and O–H groups in total. The van der Waals surface area contributed by atoms with Crippen LogP contribution in [0.25, 0.3) is 0 Å². The number of unbranched alkanes of at least 4 members (excludes halogenated alkanes) is 1. The predicted octanol–water partition coefficient (Wildman–Crippen LogP) is 2.66. The molecule has 1 aliphatic heterocycles. The van der Waals surface area contributed by atoms with Gasteiger partial charge in [-0.2, -0.15) is 0 Å². The number of rotatable bonds is 7. The second kappa shape index (κ2) is 6.64. The summed E-state index contributed by atoms with van der Waals surface area (Å²) in [6, 6.07) is 0. The van der Waals surface area contributed by atoms with Gasteiger partial charge in [0.15, 0.2) is 0 Å². The monoisotopic (exact) mass is 237 g/mol. The molecule has 2 rings (SSSR count). The number of nitrogens with one attached hydrogen (secondary N) is 1. The number of aromatic nitrogens is 2. The fourth-order valence-corrected chi connectivity index (χ4v) is 2.19. The first-order valence-electron chi connectivity index (χ1n) is 6.76. The van der Waals surface area contributed by atoms with Crippen LogP contribution in [0.2, 0.25) is 0 Å². The van der Waals surface area contributed by atoms with Crippen LogP contribution in [0, 0.1) is 0 Å². The van der Waals surface area contributed by atoms with Gasteiger partial charge in [-0.25, -0.2) is 4.98 Å². The predicted molar refractivity (Wildman–Crippen MR) is 69.2 cm³/mol. The molecule has 0 bridgehead atoms. The summed E-state index contributed by atoms with van der Waals surface area (Å²) in [7, 11) is 0. The quantitative estimate of drug-likeness (QED) is 0.741. The average Bonchev–Trinajstić information content (AvgIpc) is 2.97. The first kappa shape index (κ1) is 12.4. The first-order chi connectivity index (χ1) is 8.40. The molecule has 2 heterocycles. The highest BCUT2D eigenvalue weighted by Gasteiger charge is 2.15. The Morgan fingerprint density at radius 2 is 2.53 bits per heavy atom. The largest absolute Gasteiger partial charge is 0.378 e. The van der Waals surface area contributed by atoms with Gasteiger partial charge in [-0.15, -0.1) is 0 Å². The number of nitrogens with zero attached hydrogens (tertiary/aromatic N) is 2. The van der Waals surface area contributed by atoms with Crippen molar-refractivity contribution in [1.29, 1.82) is 0 Å². The number of anilines is 1. The molecule has 1 aromatic heterocycles. The van der Waals surface area contributed by atoms with E-state index >= 15 is 0 Å². The minimum atomic E-state index is 0.459. The molecule has 17 heavy (non-hydrogen) atoms. The molecule has 1 unspecified atom stereocenters. The Bertz CT molecular complexity index is 318. The molecule has 1 aliphatic rings. The van der Waals surface area contributed by atoms with Gasteiger partial charge in [-0.3, -0.25) is 0 Å². The summed E-state index contributed by atoms with van der Waals surface area (Å²) < 4.78 is 7.83. The Hall–Kier alpha value is -1.03. The zero-order valence-corrected chi connectivity index (χ0v) is 10.7. The van der Waals surface area contributed by atoms with Gasteiger partial charge in [-0.05, 0) is 25.7 Å². The number of imidazole rings is 1. The molecule has 0 spiro atoms. The van der Waals surface area contributed by atoms with E-state index < -0.39 is 0 Å². The summed E-state index contributed by atoms with van der Waals surface area (Å²) in [6.07, 6.45) is 10.3. The van der Waals surface area contributed by atoms with Gasteiger partial charge in [-0.1, -0.05) is 13.3 Å². The van der Waals surface area contributed by atoms with Crippen LogP contribution in [-0.2, 0) is 11.3 Å². The summed E-state index contributed by atoms with van der Waals surface area (Å²) in [5.41, 5.74) is 0. The minimum absolute atomic E-state index is 0.459. The fraction of sp³-hybridized carbons (Fsp3) is 0.769. The highest BCUT2D eigenvalue weighted by molar-refractivity contribution is 5.25. The van der Waals surface area contributed by atoms with Crippen molar-refractivity contribution in [2.24, 2.45) is 0 Å². The number of hydrogen-bond donors (Lipinski definition) is 1. The van der Waals surface area contributed by atoms with Crippen LogP contribution in [0.15, 0.2) is 12.4 Å². The molecule has 1 saturated heterocycles. The van der Waals surface area contributed by atoms with Crippen LogP contribution in [0.3, 0.4) is 0 Å². The molecular formula is C13H23N3O. The summed E-state index contributed by atoms with van der Waals surface area (Å²) >= 11 is 0. The minimum Gasteiger partial charge on any atom is -0.378 e. The Balaban J connectivity index is 1.76. The summed E-state index contributed by atoms with van der Waals surface area (Å²) in [4.78, 5) is 4.34. The smallest absolute Gasteiger partial charge is 0.202 e. The molecule has 0 radical (unpaired) electrons. The van der Waals surface area contributed by atoms with Crippen LogP contribution in [0.1, 0.15) is 39.0 Å². The van der Waals surface area contributed by atoms with Crippen molar-refractivity contribution < 1.29 is 4.74 Å². The van der Waals surface area contributed by atoms with Crippen LogP contribution < -0.4 is 5.32 Å². The SMILES string of the molecule is CCCCNc1nccn1CCC1CCCO1. The Morgan fingerprint density at radius 1 is 1.59 bits per heavy atom. The van der Waals surface area contributed by atoms with Gasteiger partial charge < -0.3 is 14.6 Å². The highest BCUT2D eigenvalue weighted by atomic mass is 16.5. The molecule has 0 saturated carbocycles. The first-order valence-corrected chi connectivity index (χ1v) is 6.76. The molecule has 1 fully saturated rings. The van der Waals surface area contributed by atoms with Crippen molar-refractivity contribution in [3.63, 3.8) is 0 Å². The fourth-order valence-electron chi connectivity index (χ4n) is 2.19. The third kappa shape index (κ3) is 3.73. The Kier molecular flexibility index (Phi) is 4.86. The van der Waals surface area contributed by atoms with Crippen molar-refractivity contribution in [3.8, 4) is 0 Å². The number of hydrogen-bond acceptors (Lipinski definition) is 3. The maximum absolute atomic E-state index is 5.64. The molecule has 4 heteroatoms. The van der Waals surface area contributed by atoms with Crippen LogP contribution in [0.5, 0.6) is 0 Å². The topological polar surface area (TPSA) is 39.1 Å². The number of aryl methyl sites for hydroxylation is 1. The summed E-state index contributed by atoms with van der Waals surface area (Å²) in [5.74, 6) is 0.997. The molecule has 4 nitrogen and oxygen atoms in total. The van der Waals surface area contributed by atoms with E-state index in [4.69, 9.17) is 4.74 Å². The molecule has 1 aromatic rings. The van der Waals surface area contributed by atoms with Crippen molar-refractivity contribution in [2.45, 2.75) is 51.7 Å². The van der Waals surface area contributed by atoms with Gasteiger partial charge in [0.1, 0.15) is 0 Å². The molecule has 0 aromatic carbocycles. The zero-order valence-electron chi connectivity index (χ0n) is 10.7. The van der Waals surface area contributed by atoms with Gasteiger partial charge >= 0.3 is 0 Å². The van der Waals surface area contributed by atoms with E-state index in [2.05, 4.69) is 21.8 Å². The summed E-state index contributed by atoms with van der Waals surface area (Å²) in [6.45, 7) is 5.15. The van der Waals surface area contributed by atoms with E-state index in [0.717, 1.165) is 32.1 Å². The average molecular weight is 237 g/mol. The van der Waals surface area contributed by atoms with Gasteiger partial charge in [0.2, 0.25) is 5.95 Å². The lowest BCUT2D eigenvalue weighted by atomic mass is 10.2. The molecule has 0 aliphatic carbocycles. The van der Waals surface area contributed by atoms with Crippen molar-refractivity contribution in [1.82, 2.24) is 9.55 Å². The van der Waals surface area contributed by atoms with Crippen molar-refractivity contribution in [2.75, 3.05) is 18.5 Å². The van der Waals surface area contributed by atoms with Crippen LogP contribution in [-0.4, -0.2) is 28.8 Å². The molecular weight excluding hydrogens is 214 g/mol. The van der Waals surface area contributed by atoms with E-state index in [1.54, 1.807) is 0 Å². The summed E-state index contributed by atoms with van der Waals surface area (Å²) in [5, 5.41) is 3.38. The van der Waals surface area contributed by atoms with Gasteiger partial charge in [0.05, 0.1) is 6.10 Å². The van der Waals surface area contributed by atoms with Gasteiger partial charge in [0, 0.05) is 32.1 Å². The second-order valence-electron chi connectivity index (χ2n) is 4.65. The molecule has 1 atom stereocenters.